The quantitative estimate of drug-likeness (QED) is 0.627. The molecule has 0 aliphatic carbocycles. The van der Waals surface area contributed by atoms with Gasteiger partial charge in [0.15, 0.2) is 0 Å². The molecule has 0 radical (unpaired) electrons. The van der Waals surface area contributed by atoms with Crippen LogP contribution in [-0.2, 0) is 0 Å². The molecule has 1 heterocycles. The van der Waals surface area contributed by atoms with E-state index in [9.17, 15) is 15.4 Å². The molecule has 1 aliphatic heterocycles. The van der Waals surface area contributed by atoms with Crippen molar-refractivity contribution in [2.24, 2.45) is 5.92 Å². The van der Waals surface area contributed by atoms with Gasteiger partial charge in [0.1, 0.15) is 6.07 Å². The lowest BCUT2D eigenvalue weighted by Gasteiger charge is -2.32. The van der Waals surface area contributed by atoms with E-state index in [4.69, 9.17) is 0 Å². The van der Waals surface area contributed by atoms with Crippen molar-refractivity contribution in [2.45, 2.75) is 12.8 Å². The maximum Gasteiger partial charge on any atom is 0.270 e. The summed E-state index contributed by atoms with van der Waals surface area (Å²) in [6, 6.07) is 6.54. The highest BCUT2D eigenvalue weighted by Crippen LogP contribution is 2.26. The van der Waals surface area contributed by atoms with Gasteiger partial charge in [-0.05, 0) is 45.0 Å². The number of hydrogen-bond acceptors (Lipinski definition) is 5. The highest BCUT2D eigenvalue weighted by atomic mass is 16.6. The Hall–Kier alpha value is -2.13. The summed E-state index contributed by atoms with van der Waals surface area (Å²) in [4.78, 5) is 14.7. The van der Waals surface area contributed by atoms with Gasteiger partial charge in [0.05, 0.1) is 16.2 Å². The topological polar surface area (TPSA) is 73.4 Å². The van der Waals surface area contributed by atoms with Gasteiger partial charge in [0.25, 0.3) is 5.69 Å². The molecule has 1 aromatic rings. The highest BCUT2D eigenvalue weighted by Gasteiger charge is 2.20. The van der Waals surface area contributed by atoms with Crippen LogP contribution in [0.25, 0.3) is 0 Å². The summed E-state index contributed by atoms with van der Waals surface area (Å²) in [5.41, 5.74) is 1.09. The number of nitrogens with zero attached hydrogens (tertiary/aromatic N) is 4. The van der Waals surface area contributed by atoms with Crippen LogP contribution >= 0.6 is 0 Å². The van der Waals surface area contributed by atoms with Gasteiger partial charge in [-0.25, -0.2) is 0 Å². The monoisotopic (exact) mass is 288 g/mol. The smallest absolute Gasteiger partial charge is 0.270 e. The van der Waals surface area contributed by atoms with Gasteiger partial charge in [0.2, 0.25) is 0 Å². The van der Waals surface area contributed by atoms with E-state index >= 15 is 0 Å². The minimum Gasteiger partial charge on any atom is -0.373 e. The fraction of sp³-hybridized carbons (Fsp3) is 0.533. The van der Waals surface area contributed by atoms with Crippen molar-refractivity contribution in [2.75, 3.05) is 38.6 Å². The standard InChI is InChI=1S/C15H20N4O2/c1-17-7-5-12(6-8-17)11-18(2)15-4-3-14(19(20)21)9-13(15)10-16/h3-4,9,12H,5-8,11H2,1-2H3. The second-order valence-electron chi connectivity index (χ2n) is 5.70. The van der Waals surface area contributed by atoms with Gasteiger partial charge in [-0.2, -0.15) is 5.26 Å². The Morgan fingerprint density at radius 1 is 1.48 bits per heavy atom. The van der Waals surface area contributed by atoms with E-state index in [-0.39, 0.29) is 5.69 Å². The van der Waals surface area contributed by atoms with E-state index in [1.807, 2.05) is 11.9 Å². The van der Waals surface area contributed by atoms with Gasteiger partial charge in [-0.3, -0.25) is 10.1 Å². The van der Waals surface area contributed by atoms with Crippen LogP contribution in [0.1, 0.15) is 18.4 Å². The number of anilines is 1. The normalized spacial score (nSPS) is 16.4. The van der Waals surface area contributed by atoms with Crippen molar-refractivity contribution < 1.29 is 4.92 Å². The van der Waals surface area contributed by atoms with Crippen molar-refractivity contribution in [3.63, 3.8) is 0 Å². The summed E-state index contributed by atoms with van der Waals surface area (Å²) in [5.74, 6) is 0.605. The molecule has 0 spiro atoms. The molecule has 6 heteroatoms. The Morgan fingerprint density at radius 3 is 2.71 bits per heavy atom. The minimum atomic E-state index is -0.471. The number of nitro benzene ring substituents is 1. The Balaban J connectivity index is 2.10. The SMILES string of the molecule is CN1CCC(CN(C)c2ccc([N+](=O)[O-])cc2C#N)CC1. The summed E-state index contributed by atoms with van der Waals surface area (Å²) >= 11 is 0. The molecule has 0 unspecified atom stereocenters. The molecule has 0 amide bonds. The molecule has 0 aromatic heterocycles. The molecule has 0 N–H and O–H groups in total. The summed E-state index contributed by atoms with van der Waals surface area (Å²) in [7, 11) is 4.07. The van der Waals surface area contributed by atoms with Crippen molar-refractivity contribution in [1.82, 2.24) is 4.90 Å². The number of non-ortho nitro benzene ring substituents is 1. The second kappa shape index (κ2) is 6.55. The Bertz CT molecular complexity index is 559. The first-order valence-corrected chi connectivity index (χ1v) is 7.09. The molecule has 1 saturated heterocycles. The Labute approximate surface area is 124 Å². The number of rotatable bonds is 4. The van der Waals surface area contributed by atoms with Gasteiger partial charge in [0, 0.05) is 25.7 Å². The zero-order valence-corrected chi connectivity index (χ0v) is 12.5. The van der Waals surface area contributed by atoms with Crippen LogP contribution in [0.4, 0.5) is 11.4 Å². The predicted molar refractivity (Wildman–Crippen MR) is 81.3 cm³/mol. The lowest BCUT2D eigenvalue weighted by molar-refractivity contribution is -0.384. The molecule has 21 heavy (non-hydrogen) atoms. The average Bonchev–Trinajstić information content (AvgIpc) is 2.48. The van der Waals surface area contributed by atoms with Gasteiger partial charge in [-0.15, -0.1) is 0 Å². The van der Waals surface area contributed by atoms with Crippen LogP contribution in [0.5, 0.6) is 0 Å². The lowest BCUT2D eigenvalue weighted by atomic mass is 9.96. The maximum absolute atomic E-state index is 10.8. The van der Waals surface area contributed by atoms with E-state index in [1.165, 1.54) is 12.1 Å². The van der Waals surface area contributed by atoms with E-state index in [0.29, 0.717) is 11.5 Å². The van der Waals surface area contributed by atoms with Crippen molar-refractivity contribution in [3.05, 3.63) is 33.9 Å². The molecule has 0 atom stereocenters. The number of likely N-dealkylation sites (tertiary alicyclic amines) is 1. The van der Waals surface area contributed by atoms with Crippen LogP contribution in [0.2, 0.25) is 0 Å². The molecule has 1 fully saturated rings. The Kier molecular flexibility index (Phi) is 4.76. The van der Waals surface area contributed by atoms with Crippen molar-refractivity contribution >= 4 is 11.4 Å². The van der Waals surface area contributed by atoms with Gasteiger partial charge < -0.3 is 9.80 Å². The first-order chi connectivity index (χ1) is 10.0. The zero-order valence-electron chi connectivity index (χ0n) is 12.5. The van der Waals surface area contributed by atoms with E-state index in [2.05, 4.69) is 18.0 Å². The van der Waals surface area contributed by atoms with Crippen LogP contribution in [-0.4, -0.2) is 43.6 Å². The third-order valence-electron chi connectivity index (χ3n) is 4.09. The third kappa shape index (κ3) is 3.70. The number of hydrogen-bond donors (Lipinski definition) is 0. The van der Waals surface area contributed by atoms with Crippen molar-refractivity contribution in [3.8, 4) is 6.07 Å². The summed E-state index contributed by atoms with van der Waals surface area (Å²) < 4.78 is 0. The minimum absolute atomic E-state index is 0.0389. The average molecular weight is 288 g/mol. The largest absolute Gasteiger partial charge is 0.373 e. The highest BCUT2D eigenvalue weighted by molar-refractivity contribution is 5.62. The molecule has 0 saturated carbocycles. The molecule has 1 aliphatic rings. The van der Waals surface area contributed by atoms with E-state index in [0.717, 1.165) is 38.2 Å². The van der Waals surface area contributed by atoms with Crippen LogP contribution in [0, 0.1) is 27.4 Å². The van der Waals surface area contributed by atoms with Crippen LogP contribution < -0.4 is 4.90 Å². The molecule has 2 rings (SSSR count). The first kappa shape index (κ1) is 15.3. The van der Waals surface area contributed by atoms with E-state index in [1.54, 1.807) is 6.07 Å². The zero-order chi connectivity index (χ0) is 15.4. The second-order valence-corrected chi connectivity index (χ2v) is 5.70. The first-order valence-electron chi connectivity index (χ1n) is 7.09. The van der Waals surface area contributed by atoms with Gasteiger partial charge >= 0.3 is 0 Å². The fourth-order valence-corrected chi connectivity index (χ4v) is 2.79. The molecule has 112 valence electrons. The fourth-order valence-electron chi connectivity index (χ4n) is 2.79. The summed E-state index contributed by atoms with van der Waals surface area (Å²) in [5, 5.41) is 20.0. The summed E-state index contributed by atoms with van der Waals surface area (Å²) in [6.45, 7) is 3.08. The molecule has 6 nitrogen and oxygen atoms in total. The molecule has 0 bridgehead atoms. The number of benzene rings is 1. The Morgan fingerprint density at radius 2 is 2.14 bits per heavy atom. The number of nitriles is 1. The summed E-state index contributed by atoms with van der Waals surface area (Å²) in [6.07, 6.45) is 2.30. The predicted octanol–water partition coefficient (Wildman–Crippen LogP) is 2.24. The molecule has 1 aromatic carbocycles. The van der Waals surface area contributed by atoms with Crippen LogP contribution in [0.3, 0.4) is 0 Å². The number of piperidine rings is 1. The third-order valence-corrected chi connectivity index (χ3v) is 4.09. The maximum atomic E-state index is 10.8. The van der Waals surface area contributed by atoms with Gasteiger partial charge in [-0.1, -0.05) is 0 Å². The van der Waals surface area contributed by atoms with Crippen LogP contribution in [0.15, 0.2) is 18.2 Å². The lowest BCUT2D eigenvalue weighted by Crippen LogP contribution is -2.35. The molecular weight excluding hydrogens is 268 g/mol. The number of nitro groups is 1. The van der Waals surface area contributed by atoms with E-state index < -0.39 is 4.92 Å². The van der Waals surface area contributed by atoms with Crippen molar-refractivity contribution in [1.29, 1.82) is 5.26 Å². The molecular formula is C15H20N4O2.